The highest BCUT2D eigenvalue weighted by atomic mass is 16.5. The van der Waals surface area contributed by atoms with Crippen LogP contribution in [0.2, 0.25) is 0 Å². The second-order valence-electron chi connectivity index (χ2n) is 6.46. The van der Waals surface area contributed by atoms with Crippen molar-refractivity contribution >= 4 is 5.97 Å². The third-order valence-corrected chi connectivity index (χ3v) is 4.21. The van der Waals surface area contributed by atoms with Crippen LogP contribution in [0.15, 0.2) is 35.1 Å². The van der Waals surface area contributed by atoms with E-state index >= 15 is 0 Å². The highest BCUT2D eigenvalue weighted by Crippen LogP contribution is 2.32. The Morgan fingerprint density at radius 2 is 1.80 bits per heavy atom. The number of pyridine rings is 1. The Labute approximate surface area is 147 Å². The molecule has 0 saturated carbocycles. The monoisotopic (exact) mass is 343 g/mol. The van der Waals surface area contributed by atoms with Crippen molar-refractivity contribution in [1.29, 1.82) is 0 Å². The van der Waals surface area contributed by atoms with Crippen molar-refractivity contribution in [2.45, 2.75) is 46.0 Å². The smallest absolute Gasteiger partial charge is 0.306 e. The number of aryl methyl sites for hydroxylation is 1. The Morgan fingerprint density at radius 3 is 2.32 bits per heavy atom. The molecule has 0 bridgehead atoms. The topological polar surface area (TPSA) is 79.4 Å². The third-order valence-electron chi connectivity index (χ3n) is 4.21. The van der Waals surface area contributed by atoms with E-state index < -0.39 is 11.9 Å². The van der Waals surface area contributed by atoms with E-state index in [1.165, 1.54) is 11.6 Å². The summed E-state index contributed by atoms with van der Waals surface area (Å²) in [5.41, 5.74) is 2.33. The van der Waals surface area contributed by atoms with E-state index in [0.29, 0.717) is 11.6 Å². The van der Waals surface area contributed by atoms with Gasteiger partial charge in [0.2, 0.25) is 0 Å². The Kier molecular flexibility index (Phi) is 6.02. The molecule has 5 nitrogen and oxygen atoms in total. The van der Waals surface area contributed by atoms with Crippen molar-refractivity contribution in [3.8, 4) is 5.75 Å². The number of esters is 1. The van der Waals surface area contributed by atoms with E-state index in [0.717, 1.165) is 5.56 Å². The van der Waals surface area contributed by atoms with Crippen LogP contribution in [0.5, 0.6) is 5.75 Å². The van der Waals surface area contributed by atoms with Gasteiger partial charge in [0.1, 0.15) is 5.75 Å². The molecule has 1 heterocycles. The standard InChI is InChI=1S/C20H25NO4/c1-5-25-18(23)11-16(15-8-6-14(7-9-15)12(2)3)19-17(22)10-13(4)21-20(19)24/h6-10,12,16H,5,11H2,1-4H3,(H2,21,22,24)/t16-/m0/s1. The van der Waals surface area contributed by atoms with Crippen LogP contribution in [0.1, 0.15) is 61.4 Å². The molecule has 0 aliphatic rings. The molecule has 2 aromatic rings. The zero-order valence-electron chi connectivity index (χ0n) is 15.1. The van der Waals surface area contributed by atoms with Crippen LogP contribution in [0.4, 0.5) is 0 Å². The molecule has 1 aromatic carbocycles. The maximum absolute atomic E-state index is 12.4. The van der Waals surface area contributed by atoms with E-state index in [4.69, 9.17) is 4.74 Å². The number of ether oxygens (including phenoxy) is 1. The maximum atomic E-state index is 12.4. The average Bonchev–Trinajstić information content (AvgIpc) is 2.53. The summed E-state index contributed by atoms with van der Waals surface area (Å²) in [4.78, 5) is 27.2. The molecule has 0 amide bonds. The predicted molar refractivity (Wildman–Crippen MR) is 97.1 cm³/mol. The first-order chi connectivity index (χ1) is 11.8. The number of benzene rings is 1. The number of carbonyl (C=O) groups is 1. The number of aromatic amines is 1. The fourth-order valence-electron chi connectivity index (χ4n) is 2.90. The summed E-state index contributed by atoms with van der Waals surface area (Å²) in [5.74, 6) is -0.693. The van der Waals surface area contributed by atoms with Crippen molar-refractivity contribution in [3.05, 3.63) is 63.1 Å². The van der Waals surface area contributed by atoms with Gasteiger partial charge in [-0.2, -0.15) is 0 Å². The van der Waals surface area contributed by atoms with Gasteiger partial charge in [0.05, 0.1) is 18.6 Å². The minimum absolute atomic E-state index is 0.00539. The van der Waals surface area contributed by atoms with Gasteiger partial charge in [-0.25, -0.2) is 0 Å². The molecule has 0 fully saturated rings. The van der Waals surface area contributed by atoms with Gasteiger partial charge in [-0.15, -0.1) is 0 Å². The fraction of sp³-hybridized carbons (Fsp3) is 0.400. The molecule has 5 heteroatoms. The molecule has 0 saturated heterocycles. The molecular formula is C20H25NO4. The van der Waals surface area contributed by atoms with Crippen LogP contribution in [0, 0.1) is 6.92 Å². The van der Waals surface area contributed by atoms with Crippen molar-refractivity contribution in [2.75, 3.05) is 6.61 Å². The van der Waals surface area contributed by atoms with Crippen LogP contribution in [0.3, 0.4) is 0 Å². The lowest BCUT2D eigenvalue weighted by Crippen LogP contribution is -2.21. The molecule has 1 atom stereocenters. The number of aromatic nitrogens is 1. The van der Waals surface area contributed by atoms with Gasteiger partial charge < -0.3 is 14.8 Å². The van der Waals surface area contributed by atoms with Crippen LogP contribution >= 0.6 is 0 Å². The van der Waals surface area contributed by atoms with Crippen LogP contribution < -0.4 is 5.56 Å². The Balaban J connectivity index is 2.50. The zero-order valence-corrected chi connectivity index (χ0v) is 15.1. The molecule has 0 aliphatic heterocycles. The van der Waals surface area contributed by atoms with E-state index in [9.17, 15) is 14.7 Å². The highest BCUT2D eigenvalue weighted by molar-refractivity contribution is 5.71. The first-order valence-corrected chi connectivity index (χ1v) is 8.51. The number of H-pyrrole nitrogens is 1. The van der Waals surface area contributed by atoms with Gasteiger partial charge in [0, 0.05) is 11.6 Å². The summed E-state index contributed by atoms with van der Waals surface area (Å²) in [6.45, 7) is 7.90. The van der Waals surface area contributed by atoms with E-state index in [-0.39, 0.29) is 29.9 Å². The highest BCUT2D eigenvalue weighted by Gasteiger charge is 2.25. The van der Waals surface area contributed by atoms with E-state index in [1.54, 1.807) is 13.8 Å². The molecule has 0 radical (unpaired) electrons. The molecule has 2 rings (SSSR count). The first-order valence-electron chi connectivity index (χ1n) is 8.51. The second-order valence-corrected chi connectivity index (χ2v) is 6.46. The van der Waals surface area contributed by atoms with Crippen LogP contribution in [-0.2, 0) is 9.53 Å². The van der Waals surface area contributed by atoms with Crippen molar-refractivity contribution in [3.63, 3.8) is 0 Å². The van der Waals surface area contributed by atoms with Crippen molar-refractivity contribution in [2.24, 2.45) is 0 Å². The number of nitrogens with one attached hydrogen (secondary N) is 1. The van der Waals surface area contributed by atoms with Crippen molar-refractivity contribution < 1.29 is 14.6 Å². The fourth-order valence-corrected chi connectivity index (χ4v) is 2.90. The lowest BCUT2D eigenvalue weighted by Gasteiger charge is -2.18. The van der Waals surface area contributed by atoms with Crippen molar-refractivity contribution in [1.82, 2.24) is 4.98 Å². The molecule has 25 heavy (non-hydrogen) atoms. The minimum Gasteiger partial charge on any atom is -0.507 e. The zero-order chi connectivity index (χ0) is 18.6. The van der Waals surface area contributed by atoms with Gasteiger partial charge in [-0.05, 0) is 37.0 Å². The van der Waals surface area contributed by atoms with Gasteiger partial charge in [-0.3, -0.25) is 9.59 Å². The molecule has 2 N–H and O–H groups in total. The Hall–Kier alpha value is -2.56. The average molecular weight is 343 g/mol. The van der Waals surface area contributed by atoms with Crippen LogP contribution in [-0.4, -0.2) is 22.7 Å². The number of hydrogen-bond acceptors (Lipinski definition) is 4. The predicted octanol–water partition coefficient (Wildman–Crippen LogP) is 3.60. The largest absolute Gasteiger partial charge is 0.507 e. The number of carbonyl (C=O) groups excluding carboxylic acids is 1. The normalized spacial score (nSPS) is 12.2. The molecule has 0 aliphatic carbocycles. The summed E-state index contributed by atoms with van der Waals surface area (Å²) in [5, 5.41) is 10.3. The second kappa shape index (κ2) is 8.01. The molecule has 0 spiro atoms. The quantitative estimate of drug-likeness (QED) is 0.786. The molecule has 134 valence electrons. The molecule has 1 aromatic heterocycles. The number of aromatic hydroxyl groups is 1. The van der Waals surface area contributed by atoms with Gasteiger partial charge in [0.15, 0.2) is 0 Å². The molecule has 0 unspecified atom stereocenters. The lowest BCUT2D eigenvalue weighted by molar-refractivity contribution is -0.143. The summed E-state index contributed by atoms with van der Waals surface area (Å²) in [7, 11) is 0. The summed E-state index contributed by atoms with van der Waals surface area (Å²) < 4.78 is 5.05. The number of hydrogen-bond donors (Lipinski definition) is 2. The third kappa shape index (κ3) is 4.50. The van der Waals surface area contributed by atoms with Gasteiger partial charge in [-0.1, -0.05) is 38.1 Å². The minimum atomic E-state index is -0.565. The summed E-state index contributed by atoms with van der Waals surface area (Å²) in [6, 6.07) is 9.27. The van der Waals surface area contributed by atoms with E-state index in [2.05, 4.69) is 18.8 Å². The SMILES string of the molecule is CCOC(=O)C[C@@H](c1ccc(C(C)C)cc1)c1c(O)cc(C)[nH]c1=O. The van der Waals surface area contributed by atoms with Crippen LogP contribution in [0.25, 0.3) is 0 Å². The lowest BCUT2D eigenvalue weighted by atomic mass is 9.87. The Bertz CT molecular complexity index is 790. The van der Waals surface area contributed by atoms with Gasteiger partial charge >= 0.3 is 5.97 Å². The first kappa shape index (κ1) is 18.8. The summed E-state index contributed by atoms with van der Waals surface area (Å²) >= 11 is 0. The van der Waals surface area contributed by atoms with Gasteiger partial charge in [0.25, 0.3) is 5.56 Å². The van der Waals surface area contributed by atoms with E-state index in [1.807, 2.05) is 24.3 Å². The maximum Gasteiger partial charge on any atom is 0.306 e. The summed E-state index contributed by atoms with van der Waals surface area (Å²) in [6.07, 6.45) is -0.00539. The molecular weight excluding hydrogens is 318 g/mol. The number of rotatable bonds is 6. The Morgan fingerprint density at radius 1 is 1.20 bits per heavy atom.